The van der Waals surface area contributed by atoms with E-state index in [4.69, 9.17) is 23.1 Å². The molecule has 0 saturated heterocycles. The van der Waals surface area contributed by atoms with Gasteiger partial charge in [0.1, 0.15) is 10.7 Å². The zero-order chi connectivity index (χ0) is 9.30. The molecule has 1 heterocycles. The lowest BCUT2D eigenvalue weighted by atomic mass is 10.2. The Morgan fingerprint density at radius 3 is 2.58 bits per heavy atom. The van der Waals surface area contributed by atoms with E-state index in [1.165, 1.54) is 6.07 Å². The monoisotopic (exact) mass is 187 g/mol. The van der Waals surface area contributed by atoms with Crippen molar-refractivity contribution in [3.63, 3.8) is 0 Å². The molecule has 0 aliphatic carbocycles. The van der Waals surface area contributed by atoms with Crippen LogP contribution in [0.3, 0.4) is 0 Å². The molecular weight excluding hydrogens is 182 g/mol. The summed E-state index contributed by atoms with van der Waals surface area (Å²) in [5.74, 6) is -0.870. The lowest BCUT2D eigenvalue weighted by Crippen LogP contribution is -2.25. The van der Waals surface area contributed by atoms with Crippen LogP contribution >= 0.6 is 11.6 Å². The van der Waals surface area contributed by atoms with E-state index in [9.17, 15) is 9.59 Å². The van der Waals surface area contributed by atoms with Crippen molar-refractivity contribution in [3.8, 4) is 0 Å². The van der Waals surface area contributed by atoms with Gasteiger partial charge in [-0.1, -0.05) is 11.6 Å². The fourth-order valence-electron chi connectivity index (χ4n) is 0.801. The topological polar surface area (TPSA) is 102 Å². The second-order valence-electron chi connectivity index (χ2n) is 2.14. The number of halogens is 1. The molecule has 0 aliphatic heterocycles. The van der Waals surface area contributed by atoms with E-state index in [2.05, 4.69) is 4.98 Å². The van der Waals surface area contributed by atoms with Crippen molar-refractivity contribution < 1.29 is 4.79 Å². The first-order valence-corrected chi connectivity index (χ1v) is 3.38. The maximum atomic E-state index is 11.0. The highest BCUT2D eigenvalue weighted by molar-refractivity contribution is 6.29. The summed E-state index contributed by atoms with van der Waals surface area (Å²) < 4.78 is 0. The van der Waals surface area contributed by atoms with Crippen molar-refractivity contribution in [1.29, 1.82) is 0 Å². The van der Waals surface area contributed by atoms with Crippen molar-refractivity contribution in [1.82, 2.24) is 4.98 Å². The van der Waals surface area contributed by atoms with E-state index in [1.807, 2.05) is 0 Å². The van der Waals surface area contributed by atoms with Gasteiger partial charge in [-0.15, -0.1) is 0 Å². The Bertz CT molecular complexity index is 385. The van der Waals surface area contributed by atoms with Gasteiger partial charge in [-0.2, -0.15) is 0 Å². The van der Waals surface area contributed by atoms with Crippen LogP contribution in [0.5, 0.6) is 0 Å². The molecule has 12 heavy (non-hydrogen) atoms. The number of nitrogens with one attached hydrogen (secondary N) is 1. The number of carbonyl (C=O) groups is 1. The molecule has 0 unspecified atom stereocenters. The van der Waals surface area contributed by atoms with E-state index >= 15 is 0 Å². The number of primary amides is 1. The third kappa shape index (κ3) is 1.40. The molecule has 6 heteroatoms. The van der Waals surface area contributed by atoms with Gasteiger partial charge in [0.2, 0.25) is 0 Å². The molecule has 1 amide bonds. The number of carbonyl (C=O) groups excluding carboxylic acids is 1. The Kier molecular flexibility index (Phi) is 2.05. The smallest absolute Gasteiger partial charge is 0.264 e. The summed E-state index contributed by atoms with van der Waals surface area (Å²) in [6.07, 6.45) is 0. The third-order valence-electron chi connectivity index (χ3n) is 1.28. The van der Waals surface area contributed by atoms with Gasteiger partial charge < -0.3 is 16.5 Å². The van der Waals surface area contributed by atoms with Crippen LogP contribution in [-0.4, -0.2) is 10.9 Å². The van der Waals surface area contributed by atoms with E-state index < -0.39 is 11.5 Å². The molecular formula is C6H6ClN3O2. The Morgan fingerprint density at radius 2 is 2.17 bits per heavy atom. The standard InChI is InChI=1S/C6H6ClN3O2/c7-3-1-2(8)4(5(9)11)6(12)10-3/h1H,(H2,9,11)(H3,8,10,12). The second-order valence-corrected chi connectivity index (χ2v) is 2.55. The predicted molar refractivity (Wildman–Crippen MR) is 45.0 cm³/mol. The number of nitrogens with two attached hydrogens (primary N) is 2. The summed E-state index contributed by atoms with van der Waals surface area (Å²) in [4.78, 5) is 23.8. The van der Waals surface area contributed by atoms with Crippen molar-refractivity contribution >= 4 is 23.2 Å². The van der Waals surface area contributed by atoms with Gasteiger partial charge >= 0.3 is 0 Å². The van der Waals surface area contributed by atoms with E-state index in [1.54, 1.807) is 0 Å². The van der Waals surface area contributed by atoms with Gasteiger partial charge in [-0.25, -0.2) is 0 Å². The van der Waals surface area contributed by atoms with Crippen LogP contribution in [0, 0.1) is 0 Å². The van der Waals surface area contributed by atoms with Gasteiger partial charge in [-0.3, -0.25) is 9.59 Å². The molecule has 0 aromatic carbocycles. The van der Waals surface area contributed by atoms with Crippen LogP contribution in [0.1, 0.15) is 10.4 Å². The first kappa shape index (κ1) is 8.61. The summed E-state index contributed by atoms with van der Waals surface area (Å²) in [7, 11) is 0. The number of aromatic amines is 1. The normalized spacial score (nSPS) is 9.75. The Hall–Kier alpha value is -1.49. The highest BCUT2D eigenvalue weighted by Gasteiger charge is 2.11. The average Bonchev–Trinajstić information content (AvgIpc) is 1.82. The largest absolute Gasteiger partial charge is 0.398 e. The van der Waals surface area contributed by atoms with Gasteiger partial charge in [0.15, 0.2) is 0 Å². The quantitative estimate of drug-likeness (QED) is 0.527. The minimum absolute atomic E-state index is 0.0174. The van der Waals surface area contributed by atoms with E-state index in [-0.39, 0.29) is 16.4 Å². The number of H-pyrrole nitrogens is 1. The van der Waals surface area contributed by atoms with Gasteiger partial charge in [0.05, 0.1) is 5.69 Å². The fourth-order valence-corrected chi connectivity index (χ4v) is 1.00. The fraction of sp³-hybridized carbons (Fsp3) is 0. The van der Waals surface area contributed by atoms with Crippen LogP contribution in [0.15, 0.2) is 10.9 Å². The number of hydrogen-bond donors (Lipinski definition) is 3. The van der Waals surface area contributed by atoms with E-state index in [0.29, 0.717) is 0 Å². The number of hydrogen-bond acceptors (Lipinski definition) is 3. The maximum absolute atomic E-state index is 11.0. The number of nitrogen functional groups attached to an aromatic ring is 1. The minimum atomic E-state index is -0.870. The van der Waals surface area contributed by atoms with Crippen molar-refractivity contribution in [2.75, 3.05) is 5.73 Å². The summed E-state index contributed by atoms with van der Waals surface area (Å²) >= 11 is 5.44. The first-order valence-electron chi connectivity index (χ1n) is 3.00. The Morgan fingerprint density at radius 1 is 1.58 bits per heavy atom. The molecule has 0 aliphatic rings. The molecule has 1 aromatic heterocycles. The molecule has 0 radical (unpaired) electrons. The molecule has 0 saturated carbocycles. The lowest BCUT2D eigenvalue weighted by Gasteiger charge is -1.99. The van der Waals surface area contributed by atoms with Crippen molar-refractivity contribution in [2.24, 2.45) is 5.73 Å². The summed E-state index contributed by atoms with van der Waals surface area (Å²) in [6.45, 7) is 0. The van der Waals surface area contributed by atoms with Crippen LogP contribution in [-0.2, 0) is 0 Å². The van der Waals surface area contributed by atoms with Crippen LogP contribution in [0.4, 0.5) is 5.69 Å². The first-order chi connectivity index (χ1) is 5.52. The van der Waals surface area contributed by atoms with Crippen molar-refractivity contribution in [3.05, 3.63) is 27.1 Å². The highest BCUT2D eigenvalue weighted by Crippen LogP contribution is 2.10. The summed E-state index contributed by atoms with van der Waals surface area (Å²) in [6, 6.07) is 1.25. The average molecular weight is 188 g/mol. The molecule has 0 atom stereocenters. The highest BCUT2D eigenvalue weighted by atomic mass is 35.5. The molecule has 1 rings (SSSR count). The lowest BCUT2D eigenvalue weighted by molar-refractivity contribution is 0.1000. The predicted octanol–water partition coefficient (Wildman–Crippen LogP) is -0.291. The molecule has 5 nitrogen and oxygen atoms in total. The van der Waals surface area contributed by atoms with Crippen LogP contribution < -0.4 is 17.0 Å². The second kappa shape index (κ2) is 2.86. The molecule has 0 spiro atoms. The zero-order valence-electron chi connectivity index (χ0n) is 5.93. The molecule has 0 bridgehead atoms. The van der Waals surface area contributed by atoms with Gasteiger partial charge in [0.25, 0.3) is 11.5 Å². The third-order valence-corrected chi connectivity index (χ3v) is 1.48. The summed E-state index contributed by atoms with van der Waals surface area (Å²) in [5, 5.41) is 0.0718. The molecule has 1 aromatic rings. The number of aromatic nitrogens is 1. The summed E-state index contributed by atoms with van der Waals surface area (Å²) in [5.41, 5.74) is 9.25. The number of anilines is 1. The Labute approximate surface area is 72.3 Å². The maximum Gasteiger partial charge on any atom is 0.264 e. The Balaban J connectivity index is 3.49. The van der Waals surface area contributed by atoms with Crippen LogP contribution in [0.2, 0.25) is 5.15 Å². The SMILES string of the molecule is NC(=O)c1c(N)cc(Cl)[nH]c1=O. The van der Waals surface area contributed by atoms with Crippen molar-refractivity contribution in [2.45, 2.75) is 0 Å². The van der Waals surface area contributed by atoms with Crippen LogP contribution in [0.25, 0.3) is 0 Å². The molecule has 0 fully saturated rings. The number of pyridine rings is 1. The van der Waals surface area contributed by atoms with Gasteiger partial charge in [0, 0.05) is 0 Å². The zero-order valence-corrected chi connectivity index (χ0v) is 6.68. The number of rotatable bonds is 1. The minimum Gasteiger partial charge on any atom is -0.398 e. The van der Waals surface area contributed by atoms with Gasteiger partial charge in [-0.05, 0) is 6.07 Å². The van der Waals surface area contributed by atoms with E-state index in [0.717, 1.165) is 0 Å². The number of amides is 1. The molecule has 64 valence electrons. The molecule has 5 N–H and O–H groups in total.